The molecule has 0 saturated heterocycles. The number of hydrogen-bond donors (Lipinski definition) is 1. The Kier molecular flexibility index (Phi) is 10.2. The van der Waals surface area contributed by atoms with Gasteiger partial charge in [-0.05, 0) is 36.5 Å². The predicted octanol–water partition coefficient (Wildman–Crippen LogP) is 5.52. The summed E-state index contributed by atoms with van der Waals surface area (Å²) in [6.45, 7) is 11.3. The van der Waals surface area contributed by atoms with Crippen molar-refractivity contribution in [2.24, 2.45) is 10.8 Å². The van der Waals surface area contributed by atoms with Gasteiger partial charge in [-0.3, -0.25) is 4.79 Å². The van der Waals surface area contributed by atoms with E-state index in [1.54, 1.807) is 0 Å². The summed E-state index contributed by atoms with van der Waals surface area (Å²) < 4.78 is 0. The third-order valence-corrected chi connectivity index (χ3v) is 4.75. The molecule has 0 spiro atoms. The maximum absolute atomic E-state index is 11.8. The van der Waals surface area contributed by atoms with Crippen LogP contribution in [0.4, 0.5) is 0 Å². The van der Waals surface area contributed by atoms with Crippen molar-refractivity contribution in [1.82, 2.24) is 0 Å². The van der Waals surface area contributed by atoms with Crippen LogP contribution in [0, 0.1) is 10.8 Å². The fourth-order valence-electron chi connectivity index (χ4n) is 2.41. The van der Waals surface area contributed by atoms with Crippen molar-refractivity contribution in [3.63, 3.8) is 0 Å². The fraction of sp³-hybridized carbons (Fsp3) is 0.947. The molecule has 0 fully saturated rings. The van der Waals surface area contributed by atoms with Gasteiger partial charge in [-0.1, -0.05) is 60.3 Å². The third kappa shape index (κ3) is 11.9. The minimum Gasteiger partial charge on any atom is -0.396 e. The molecular formula is C19H38O2. The normalized spacial score (nSPS) is 12.7. The number of aliphatic hydroxyl groups is 1. The second-order valence-electron chi connectivity index (χ2n) is 8.15. The first kappa shape index (κ1) is 20.6. The molecule has 0 aromatic rings. The van der Waals surface area contributed by atoms with E-state index in [4.69, 9.17) is 0 Å². The molecule has 0 rings (SSSR count). The van der Waals surface area contributed by atoms with Crippen molar-refractivity contribution < 1.29 is 9.90 Å². The second-order valence-corrected chi connectivity index (χ2v) is 8.15. The van der Waals surface area contributed by atoms with E-state index in [2.05, 4.69) is 34.6 Å². The summed E-state index contributed by atoms with van der Waals surface area (Å²) in [5.74, 6) is 0.423. The lowest BCUT2D eigenvalue weighted by Crippen LogP contribution is -2.16. The van der Waals surface area contributed by atoms with Crippen LogP contribution in [0.3, 0.4) is 0 Å². The molecule has 0 aliphatic carbocycles. The number of carbonyl (C=O) groups excluding carboxylic acids is 1. The first-order valence-electron chi connectivity index (χ1n) is 8.85. The van der Waals surface area contributed by atoms with Crippen LogP contribution in [0.15, 0.2) is 0 Å². The summed E-state index contributed by atoms with van der Waals surface area (Å²) in [6.07, 6.45) is 10.5. The number of aliphatic hydroxyl groups excluding tert-OH is 1. The lowest BCUT2D eigenvalue weighted by Gasteiger charge is -2.22. The number of carbonyl (C=O) groups is 1. The number of hydrogen-bond acceptors (Lipinski definition) is 2. The van der Waals surface area contributed by atoms with Gasteiger partial charge in [0.05, 0.1) is 0 Å². The largest absolute Gasteiger partial charge is 0.396 e. The Hall–Kier alpha value is -0.370. The van der Waals surface area contributed by atoms with Gasteiger partial charge in [0.25, 0.3) is 0 Å². The lowest BCUT2D eigenvalue weighted by atomic mass is 9.84. The van der Waals surface area contributed by atoms with Crippen LogP contribution in [-0.4, -0.2) is 17.5 Å². The summed E-state index contributed by atoms with van der Waals surface area (Å²) in [4.78, 5) is 11.8. The summed E-state index contributed by atoms with van der Waals surface area (Å²) in [5, 5.41) is 9.18. The maximum atomic E-state index is 11.8. The first-order chi connectivity index (χ1) is 9.72. The number of unbranched alkanes of at least 4 members (excludes halogenated alkanes) is 3. The standard InChI is InChI=1S/C19H38O2/c1-6-18(2,3)14-10-7-8-12-17(21)13-9-11-15-19(4,5)16-20/h20H,6-16H2,1-5H3. The van der Waals surface area contributed by atoms with Gasteiger partial charge in [0, 0.05) is 19.4 Å². The zero-order valence-electron chi connectivity index (χ0n) is 15.1. The molecule has 0 unspecified atom stereocenters. The smallest absolute Gasteiger partial charge is 0.132 e. The SMILES string of the molecule is CCC(C)(C)CCCCCC(=O)CCCCC(C)(C)CO. The molecule has 0 heterocycles. The quantitative estimate of drug-likeness (QED) is 0.454. The van der Waals surface area contributed by atoms with Crippen molar-refractivity contribution in [2.45, 2.75) is 98.8 Å². The lowest BCUT2D eigenvalue weighted by molar-refractivity contribution is -0.119. The van der Waals surface area contributed by atoms with Crippen molar-refractivity contribution in [3.8, 4) is 0 Å². The highest BCUT2D eigenvalue weighted by atomic mass is 16.3. The Morgan fingerprint density at radius 1 is 0.810 bits per heavy atom. The van der Waals surface area contributed by atoms with Gasteiger partial charge >= 0.3 is 0 Å². The van der Waals surface area contributed by atoms with Crippen LogP contribution in [0.25, 0.3) is 0 Å². The fourth-order valence-corrected chi connectivity index (χ4v) is 2.41. The van der Waals surface area contributed by atoms with Gasteiger partial charge in [0.2, 0.25) is 0 Å². The van der Waals surface area contributed by atoms with Crippen LogP contribution in [-0.2, 0) is 4.79 Å². The highest BCUT2D eigenvalue weighted by molar-refractivity contribution is 5.78. The molecule has 0 aliphatic rings. The molecular weight excluding hydrogens is 260 g/mol. The van der Waals surface area contributed by atoms with Crippen LogP contribution < -0.4 is 0 Å². The van der Waals surface area contributed by atoms with Crippen LogP contribution >= 0.6 is 0 Å². The minimum absolute atomic E-state index is 0.00906. The van der Waals surface area contributed by atoms with Gasteiger partial charge in [-0.15, -0.1) is 0 Å². The van der Waals surface area contributed by atoms with E-state index in [-0.39, 0.29) is 12.0 Å². The van der Waals surface area contributed by atoms with E-state index < -0.39 is 0 Å². The van der Waals surface area contributed by atoms with Gasteiger partial charge in [0.15, 0.2) is 0 Å². The van der Waals surface area contributed by atoms with Crippen molar-refractivity contribution in [3.05, 3.63) is 0 Å². The molecule has 2 nitrogen and oxygen atoms in total. The molecule has 2 heteroatoms. The van der Waals surface area contributed by atoms with Crippen LogP contribution in [0.2, 0.25) is 0 Å². The zero-order chi connectivity index (χ0) is 16.4. The van der Waals surface area contributed by atoms with E-state index >= 15 is 0 Å². The van der Waals surface area contributed by atoms with Crippen LogP contribution in [0.5, 0.6) is 0 Å². The Morgan fingerprint density at radius 2 is 1.29 bits per heavy atom. The van der Waals surface area contributed by atoms with Gasteiger partial charge in [-0.25, -0.2) is 0 Å². The molecule has 0 aromatic heterocycles. The number of Topliss-reactive ketones (excluding diaryl/α,β-unsaturated/α-hetero) is 1. The Labute approximate surface area is 132 Å². The molecule has 1 N–H and O–H groups in total. The molecule has 0 bridgehead atoms. The van der Waals surface area contributed by atoms with Gasteiger partial charge in [0.1, 0.15) is 5.78 Å². The molecule has 0 aromatic carbocycles. The van der Waals surface area contributed by atoms with E-state index in [0.29, 0.717) is 11.2 Å². The average Bonchev–Trinajstić information content (AvgIpc) is 2.43. The Bertz CT molecular complexity index is 279. The topological polar surface area (TPSA) is 37.3 Å². The highest BCUT2D eigenvalue weighted by Crippen LogP contribution is 2.27. The Balaban J connectivity index is 3.51. The van der Waals surface area contributed by atoms with E-state index in [1.165, 1.54) is 25.7 Å². The highest BCUT2D eigenvalue weighted by Gasteiger charge is 2.16. The summed E-state index contributed by atoms with van der Waals surface area (Å²) >= 11 is 0. The molecule has 126 valence electrons. The van der Waals surface area contributed by atoms with E-state index in [0.717, 1.165) is 38.5 Å². The van der Waals surface area contributed by atoms with Crippen molar-refractivity contribution in [2.75, 3.05) is 6.61 Å². The molecule has 21 heavy (non-hydrogen) atoms. The molecule has 0 atom stereocenters. The second kappa shape index (κ2) is 10.4. The van der Waals surface area contributed by atoms with Crippen LogP contribution in [0.1, 0.15) is 98.8 Å². The number of rotatable bonds is 13. The first-order valence-corrected chi connectivity index (χ1v) is 8.85. The monoisotopic (exact) mass is 298 g/mol. The summed E-state index contributed by atoms with van der Waals surface area (Å²) in [6, 6.07) is 0. The van der Waals surface area contributed by atoms with E-state index in [1.807, 2.05) is 0 Å². The van der Waals surface area contributed by atoms with Gasteiger partial charge in [-0.2, -0.15) is 0 Å². The molecule has 0 amide bonds. The molecule has 0 saturated carbocycles. The average molecular weight is 299 g/mol. The summed E-state index contributed by atoms with van der Waals surface area (Å²) in [7, 11) is 0. The predicted molar refractivity (Wildman–Crippen MR) is 91.5 cm³/mol. The van der Waals surface area contributed by atoms with Crippen molar-refractivity contribution in [1.29, 1.82) is 0 Å². The molecule has 0 radical (unpaired) electrons. The Morgan fingerprint density at radius 3 is 1.81 bits per heavy atom. The third-order valence-electron chi connectivity index (χ3n) is 4.75. The maximum Gasteiger partial charge on any atom is 0.132 e. The number of ketones is 1. The zero-order valence-corrected chi connectivity index (χ0v) is 15.1. The van der Waals surface area contributed by atoms with E-state index in [9.17, 15) is 9.90 Å². The molecule has 0 aliphatic heterocycles. The minimum atomic E-state index is 0.00906. The summed E-state index contributed by atoms with van der Waals surface area (Å²) in [5.41, 5.74) is 0.471. The van der Waals surface area contributed by atoms with Gasteiger partial charge < -0.3 is 5.11 Å². The van der Waals surface area contributed by atoms with Crippen molar-refractivity contribution >= 4 is 5.78 Å².